The fraction of sp³-hybridized carbons (Fsp3) is 0.312. The summed E-state index contributed by atoms with van der Waals surface area (Å²) >= 11 is 0. The van der Waals surface area contributed by atoms with Crippen LogP contribution in [0.2, 0.25) is 0 Å². The predicted octanol–water partition coefficient (Wildman–Crippen LogP) is 0.962. The van der Waals surface area contributed by atoms with Crippen LogP contribution in [0.5, 0.6) is 0 Å². The number of cyclic esters (lactones) is 1. The van der Waals surface area contributed by atoms with Gasteiger partial charge in [-0.05, 0) is 18.6 Å². The summed E-state index contributed by atoms with van der Waals surface area (Å²) in [5.74, 6) is -1.13. The number of benzene rings is 1. The summed E-state index contributed by atoms with van der Waals surface area (Å²) < 4.78 is 40.6. The fourth-order valence-corrected chi connectivity index (χ4v) is 5.10. The maximum absolute atomic E-state index is 12.5. The Morgan fingerprint density at radius 1 is 1.29 bits per heavy atom. The van der Waals surface area contributed by atoms with Gasteiger partial charge >= 0.3 is 5.97 Å². The molecule has 1 aromatic carbocycles. The van der Waals surface area contributed by atoms with Crippen LogP contribution >= 0.6 is 0 Å². The van der Waals surface area contributed by atoms with Crippen molar-refractivity contribution in [3.05, 3.63) is 53.3 Å². The van der Waals surface area contributed by atoms with Gasteiger partial charge in [-0.15, -0.1) is 0 Å². The SMILES string of the molecule is CC1=CC(O/C=C2/C(O)OC3C2c2ccccc2S3(=O)=O)OC1=O. The van der Waals surface area contributed by atoms with Gasteiger partial charge in [-0.2, -0.15) is 0 Å². The third-order valence-electron chi connectivity index (χ3n) is 4.32. The molecule has 0 aromatic heterocycles. The lowest BCUT2D eigenvalue weighted by Crippen LogP contribution is -2.19. The number of ether oxygens (including phenoxy) is 3. The highest BCUT2D eigenvalue weighted by atomic mass is 32.2. The third-order valence-corrected chi connectivity index (χ3v) is 6.30. The molecule has 3 aliphatic rings. The Labute approximate surface area is 138 Å². The number of esters is 1. The zero-order valence-corrected chi connectivity index (χ0v) is 13.4. The number of fused-ring (bicyclic) bond motifs is 3. The molecule has 0 radical (unpaired) electrons. The zero-order valence-electron chi connectivity index (χ0n) is 12.6. The molecule has 126 valence electrons. The number of rotatable bonds is 2. The van der Waals surface area contributed by atoms with Crippen molar-refractivity contribution < 1.29 is 32.5 Å². The highest BCUT2D eigenvalue weighted by Crippen LogP contribution is 2.50. The average Bonchev–Trinajstić information content (AvgIpc) is 3.11. The molecular weight excluding hydrogens is 336 g/mol. The Morgan fingerprint density at radius 3 is 2.75 bits per heavy atom. The van der Waals surface area contributed by atoms with Crippen LogP contribution in [-0.2, 0) is 28.8 Å². The van der Waals surface area contributed by atoms with Crippen molar-refractivity contribution in [3.63, 3.8) is 0 Å². The molecule has 0 bridgehead atoms. The van der Waals surface area contributed by atoms with E-state index in [0.29, 0.717) is 11.1 Å². The van der Waals surface area contributed by atoms with Crippen LogP contribution in [0.1, 0.15) is 18.4 Å². The van der Waals surface area contributed by atoms with Crippen LogP contribution in [0.4, 0.5) is 0 Å². The van der Waals surface area contributed by atoms with Crippen molar-refractivity contribution in [2.24, 2.45) is 0 Å². The number of sulfone groups is 1. The molecule has 1 N–H and O–H groups in total. The first-order valence-corrected chi connectivity index (χ1v) is 8.85. The molecule has 24 heavy (non-hydrogen) atoms. The third kappa shape index (κ3) is 2.10. The molecule has 4 unspecified atom stereocenters. The second kappa shape index (κ2) is 5.17. The van der Waals surface area contributed by atoms with Crippen LogP contribution in [0.3, 0.4) is 0 Å². The van der Waals surface area contributed by atoms with E-state index in [0.717, 1.165) is 0 Å². The largest absolute Gasteiger partial charge is 0.459 e. The maximum Gasteiger partial charge on any atom is 0.336 e. The number of aliphatic hydroxyl groups is 1. The quantitative estimate of drug-likeness (QED) is 0.626. The smallest absolute Gasteiger partial charge is 0.336 e. The van der Waals surface area contributed by atoms with Gasteiger partial charge in [0.05, 0.1) is 17.1 Å². The standard InChI is InChI=1S/C16H14O7S/c1-8-6-12(22-14(8)17)21-7-10-13-9-4-2-3-5-11(9)24(19,20)16(13)23-15(10)18/h2-7,12-13,15-16,18H,1H3/b10-7+. The summed E-state index contributed by atoms with van der Waals surface area (Å²) in [6.07, 6.45) is 0.424. The summed E-state index contributed by atoms with van der Waals surface area (Å²) in [6.45, 7) is 1.60. The van der Waals surface area contributed by atoms with Crippen LogP contribution < -0.4 is 0 Å². The lowest BCUT2D eigenvalue weighted by atomic mass is 9.94. The molecule has 0 spiro atoms. The molecule has 0 saturated carbocycles. The number of aliphatic hydroxyl groups excluding tert-OH is 1. The Hall–Kier alpha value is -2.16. The van der Waals surface area contributed by atoms with Crippen LogP contribution in [0.25, 0.3) is 0 Å². The van der Waals surface area contributed by atoms with Gasteiger partial charge in [0, 0.05) is 17.2 Å². The predicted molar refractivity (Wildman–Crippen MR) is 80.1 cm³/mol. The Kier molecular flexibility index (Phi) is 3.31. The topological polar surface area (TPSA) is 99.1 Å². The summed E-state index contributed by atoms with van der Waals surface area (Å²) in [5.41, 5.74) is 0.0861. The van der Waals surface area contributed by atoms with Crippen molar-refractivity contribution in [1.82, 2.24) is 0 Å². The van der Waals surface area contributed by atoms with Crippen molar-refractivity contribution in [1.29, 1.82) is 0 Å². The molecule has 7 nitrogen and oxygen atoms in total. The summed E-state index contributed by atoms with van der Waals surface area (Å²) in [5, 5.41) is 10.1. The second-order valence-corrected chi connectivity index (χ2v) is 7.79. The molecule has 1 aromatic rings. The van der Waals surface area contributed by atoms with Crippen molar-refractivity contribution in [2.75, 3.05) is 0 Å². The highest BCUT2D eigenvalue weighted by molar-refractivity contribution is 7.92. The molecule has 4 rings (SSSR count). The summed E-state index contributed by atoms with van der Waals surface area (Å²) in [7, 11) is -3.68. The van der Waals surface area contributed by atoms with Crippen molar-refractivity contribution >= 4 is 15.8 Å². The zero-order chi connectivity index (χ0) is 17.1. The summed E-state index contributed by atoms with van der Waals surface area (Å²) in [6, 6.07) is 6.57. The second-order valence-electron chi connectivity index (χ2n) is 5.79. The van der Waals surface area contributed by atoms with Gasteiger partial charge in [-0.25, -0.2) is 13.2 Å². The minimum absolute atomic E-state index is 0.195. The van der Waals surface area contributed by atoms with E-state index in [9.17, 15) is 18.3 Å². The van der Waals surface area contributed by atoms with Gasteiger partial charge in [-0.3, -0.25) is 0 Å². The molecule has 8 heteroatoms. The van der Waals surface area contributed by atoms with Crippen molar-refractivity contribution in [2.45, 2.75) is 35.8 Å². The van der Waals surface area contributed by atoms with E-state index in [2.05, 4.69) is 0 Å². The van der Waals surface area contributed by atoms with Crippen LogP contribution in [0.15, 0.2) is 52.6 Å². The maximum atomic E-state index is 12.5. The highest BCUT2D eigenvalue weighted by Gasteiger charge is 2.54. The van der Waals surface area contributed by atoms with E-state index in [1.54, 1.807) is 25.1 Å². The van der Waals surface area contributed by atoms with Crippen LogP contribution in [0, 0.1) is 0 Å². The Morgan fingerprint density at radius 2 is 2.04 bits per heavy atom. The molecular formula is C16H14O7S. The Balaban J connectivity index is 1.68. The van der Waals surface area contributed by atoms with Gasteiger partial charge in [0.25, 0.3) is 6.29 Å². The molecule has 4 atom stereocenters. The van der Waals surface area contributed by atoms with Crippen LogP contribution in [-0.4, -0.2) is 37.5 Å². The first-order chi connectivity index (χ1) is 11.4. The van der Waals surface area contributed by atoms with E-state index in [1.807, 2.05) is 0 Å². The molecule has 3 heterocycles. The van der Waals surface area contributed by atoms with E-state index in [4.69, 9.17) is 14.2 Å². The molecule has 1 saturated heterocycles. The first kappa shape index (κ1) is 15.4. The number of hydrogen-bond acceptors (Lipinski definition) is 7. The van der Waals surface area contributed by atoms with Gasteiger partial charge < -0.3 is 19.3 Å². The average molecular weight is 350 g/mol. The lowest BCUT2D eigenvalue weighted by Gasteiger charge is -2.13. The molecule has 3 aliphatic heterocycles. The normalized spacial score (nSPS) is 34.7. The monoisotopic (exact) mass is 350 g/mol. The molecule has 1 fully saturated rings. The summed E-state index contributed by atoms with van der Waals surface area (Å²) in [4.78, 5) is 11.5. The van der Waals surface area contributed by atoms with Gasteiger partial charge in [0.2, 0.25) is 9.84 Å². The minimum Gasteiger partial charge on any atom is -0.459 e. The van der Waals surface area contributed by atoms with Gasteiger partial charge in [0.15, 0.2) is 11.7 Å². The minimum atomic E-state index is -3.68. The number of carbonyl (C=O) groups is 1. The molecule has 0 amide bonds. The number of carbonyl (C=O) groups excluding carboxylic acids is 1. The van der Waals surface area contributed by atoms with Crippen molar-refractivity contribution in [3.8, 4) is 0 Å². The fourth-order valence-electron chi connectivity index (χ4n) is 3.14. The van der Waals surface area contributed by atoms with Gasteiger partial charge in [-0.1, -0.05) is 18.2 Å². The van der Waals surface area contributed by atoms with E-state index in [1.165, 1.54) is 18.4 Å². The number of hydrogen-bond donors (Lipinski definition) is 1. The Bertz CT molecular complexity index is 883. The molecule has 0 aliphatic carbocycles. The van der Waals surface area contributed by atoms with E-state index < -0.39 is 39.7 Å². The van der Waals surface area contributed by atoms with E-state index >= 15 is 0 Å². The van der Waals surface area contributed by atoms with E-state index in [-0.39, 0.29) is 10.5 Å². The van der Waals surface area contributed by atoms with Gasteiger partial charge in [0.1, 0.15) is 0 Å². The lowest BCUT2D eigenvalue weighted by molar-refractivity contribution is -0.152. The first-order valence-electron chi connectivity index (χ1n) is 7.31.